The van der Waals surface area contributed by atoms with E-state index in [9.17, 15) is 5.11 Å². The molecule has 1 atom stereocenters. The molecule has 0 spiro atoms. The zero-order valence-electron chi connectivity index (χ0n) is 7.91. The van der Waals surface area contributed by atoms with E-state index in [1.165, 1.54) is 12.8 Å². The molecule has 1 aliphatic carbocycles. The first kappa shape index (κ1) is 9.97. The zero-order valence-corrected chi connectivity index (χ0v) is 8.67. The SMILES string of the molecule is OC(CNC1CC1)c1ccccc1Cl. The topological polar surface area (TPSA) is 32.3 Å². The van der Waals surface area contributed by atoms with Crippen molar-refractivity contribution in [3.05, 3.63) is 34.9 Å². The van der Waals surface area contributed by atoms with Crippen molar-refractivity contribution >= 4 is 11.6 Å². The third-order valence-corrected chi connectivity index (χ3v) is 2.79. The quantitative estimate of drug-likeness (QED) is 0.800. The third kappa shape index (κ3) is 2.47. The Labute approximate surface area is 88.9 Å². The number of nitrogens with one attached hydrogen (secondary N) is 1. The number of benzene rings is 1. The van der Waals surface area contributed by atoms with Gasteiger partial charge in [-0.3, -0.25) is 0 Å². The molecule has 1 aromatic rings. The molecule has 1 saturated carbocycles. The van der Waals surface area contributed by atoms with Crippen molar-refractivity contribution in [3.8, 4) is 0 Å². The molecule has 0 amide bonds. The molecule has 0 radical (unpaired) electrons. The summed E-state index contributed by atoms with van der Waals surface area (Å²) in [5, 5.41) is 13.7. The maximum atomic E-state index is 9.83. The number of rotatable bonds is 4. The van der Waals surface area contributed by atoms with E-state index < -0.39 is 6.10 Å². The number of hydrogen-bond acceptors (Lipinski definition) is 2. The Balaban J connectivity index is 1.95. The molecule has 2 rings (SSSR count). The van der Waals surface area contributed by atoms with E-state index in [0.717, 1.165) is 5.56 Å². The van der Waals surface area contributed by atoms with Crippen LogP contribution in [0.25, 0.3) is 0 Å². The van der Waals surface area contributed by atoms with Crippen LogP contribution in [0.1, 0.15) is 24.5 Å². The maximum absolute atomic E-state index is 9.83. The van der Waals surface area contributed by atoms with Crippen LogP contribution in [0.15, 0.2) is 24.3 Å². The molecular formula is C11H14ClNO. The minimum atomic E-state index is -0.496. The molecule has 1 fully saturated rings. The van der Waals surface area contributed by atoms with Gasteiger partial charge in [0.1, 0.15) is 0 Å². The summed E-state index contributed by atoms with van der Waals surface area (Å²) in [4.78, 5) is 0. The highest BCUT2D eigenvalue weighted by molar-refractivity contribution is 6.31. The van der Waals surface area contributed by atoms with Crippen molar-refractivity contribution in [1.29, 1.82) is 0 Å². The van der Waals surface area contributed by atoms with Crippen molar-refractivity contribution in [2.75, 3.05) is 6.54 Å². The van der Waals surface area contributed by atoms with Gasteiger partial charge < -0.3 is 10.4 Å². The molecule has 2 nitrogen and oxygen atoms in total. The van der Waals surface area contributed by atoms with Crippen molar-refractivity contribution in [1.82, 2.24) is 5.32 Å². The van der Waals surface area contributed by atoms with E-state index in [4.69, 9.17) is 11.6 Å². The van der Waals surface area contributed by atoms with E-state index in [-0.39, 0.29) is 0 Å². The fraction of sp³-hybridized carbons (Fsp3) is 0.455. The summed E-state index contributed by atoms with van der Waals surface area (Å²) in [7, 11) is 0. The molecule has 2 N–H and O–H groups in total. The summed E-state index contributed by atoms with van der Waals surface area (Å²) in [6, 6.07) is 8.04. The van der Waals surface area contributed by atoms with Crippen LogP contribution < -0.4 is 5.32 Å². The van der Waals surface area contributed by atoms with E-state index in [1.807, 2.05) is 18.2 Å². The van der Waals surface area contributed by atoms with Crippen LogP contribution in [0.5, 0.6) is 0 Å². The van der Waals surface area contributed by atoms with Crippen LogP contribution in [0.3, 0.4) is 0 Å². The number of aliphatic hydroxyl groups excluding tert-OH is 1. The highest BCUT2D eigenvalue weighted by Crippen LogP contribution is 2.24. The number of aliphatic hydroxyl groups is 1. The third-order valence-electron chi connectivity index (χ3n) is 2.44. The molecule has 14 heavy (non-hydrogen) atoms. The van der Waals surface area contributed by atoms with E-state index in [1.54, 1.807) is 6.07 Å². The lowest BCUT2D eigenvalue weighted by Gasteiger charge is -2.12. The van der Waals surface area contributed by atoms with E-state index >= 15 is 0 Å². The van der Waals surface area contributed by atoms with Crippen LogP contribution >= 0.6 is 11.6 Å². The first-order valence-corrected chi connectivity index (χ1v) is 5.31. The van der Waals surface area contributed by atoms with Gasteiger partial charge in [-0.05, 0) is 18.9 Å². The molecule has 0 bridgehead atoms. The monoisotopic (exact) mass is 211 g/mol. The van der Waals surface area contributed by atoms with Crippen molar-refractivity contribution in [2.24, 2.45) is 0 Å². The standard InChI is InChI=1S/C11H14ClNO/c12-10-4-2-1-3-9(10)11(14)7-13-8-5-6-8/h1-4,8,11,13-14H,5-7H2. The molecule has 0 aliphatic heterocycles. The maximum Gasteiger partial charge on any atom is 0.0928 e. The average molecular weight is 212 g/mol. The van der Waals surface area contributed by atoms with Crippen LogP contribution in [0.4, 0.5) is 0 Å². The van der Waals surface area contributed by atoms with Crippen LogP contribution in [-0.2, 0) is 0 Å². The minimum Gasteiger partial charge on any atom is -0.387 e. The van der Waals surface area contributed by atoms with Gasteiger partial charge in [-0.2, -0.15) is 0 Å². The second-order valence-electron chi connectivity index (χ2n) is 3.72. The fourth-order valence-corrected chi connectivity index (χ4v) is 1.68. The van der Waals surface area contributed by atoms with E-state index in [0.29, 0.717) is 17.6 Å². The molecule has 0 saturated heterocycles. The van der Waals surface area contributed by atoms with Crippen LogP contribution in [0.2, 0.25) is 5.02 Å². The second kappa shape index (κ2) is 4.30. The first-order chi connectivity index (χ1) is 6.77. The highest BCUT2D eigenvalue weighted by Gasteiger charge is 2.22. The van der Waals surface area contributed by atoms with Crippen LogP contribution in [0, 0.1) is 0 Å². The minimum absolute atomic E-state index is 0.496. The summed E-state index contributed by atoms with van der Waals surface area (Å²) in [5.74, 6) is 0. The Morgan fingerprint density at radius 2 is 2.14 bits per heavy atom. The van der Waals surface area contributed by atoms with Gasteiger partial charge in [0.2, 0.25) is 0 Å². The Hall–Kier alpha value is -0.570. The largest absolute Gasteiger partial charge is 0.387 e. The molecule has 0 heterocycles. The summed E-state index contributed by atoms with van der Waals surface area (Å²) in [6.07, 6.45) is 1.97. The van der Waals surface area contributed by atoms with Gasteiger partial charge >= 0.3 is 0 Å². The first-order valence-electron chi connectivity index (χ1n) is 4.93. The molecular weight excluding hydrogens is 198 g/mol. The van der Waals surface area contributed by atoms with E-state index in [2.05, 4.69) is 5.32 Å². The lowest BCUT2D eigenvalue weighted by atomic mass is 10.1. The second-order valence-corrected chi connectivity index (χ2v) is 4.13. The predicted octanol–water partition coefficient (Wildman–Crippen LogP) is 2.13. The lowest BCUT2D eigenvalue weighted by molar-refractivity contribution is 0.174. The van der Waals surface area contributed by atoms with Crippen LogP contribution in [-0.4, -0.2) is 17.7 Å². The summed E-state index contributed by atoms with van der Waals surface area (Å²) >= 11 is 5.96. The zero-order chi connectivity index (χ0) is 9.97. The lowest BCUT2D eigenvalue weighted by Crippen LogP contribution is -2.23. The Morgan fingerprint density at radius 1 is 1.43 bits per heavy atom. The Kier molecular flexibility index (Phi) is 3.06. The predicted molar refractivity (Wildman–Crippen MR) is 57.4 cm³/mol. The molecule has 1 aromatic carbocycles. The van der Waals surface area contributed by atoms with Crippen molar-refractivity contribution < 1.29 is 5.11 Å². The molecule has 0 aromatic heterocycles. The van der Waals surface area contributed by atoms with Gasteiger partial charge in [0.25, 0.3) is 0 Å². The summed E-state index contributed by atoms with van der Waals surface area (Å²) in [5.41, 5.74) is 0.808. The van der Waals surface area contributed by atoms with Gasteiger partial charge in [-0.15, -0.1) is 0 Å². The van der Waals surface area contributed by atoms with Gasteiger partial charge in [0.05, 0.1) is 6.10 Å². The fourth-order valence-electron chi connectivity index (χ4n) is 1.42. The van der Waals surface area contributed by atoms with Gasteiger partial charge in [-0.25, -0.2) is 0 Å². The molecule has 76 valence electrons. The molecule has 1 unspecified atom stereocenters. The summed E-state index contributed by atoms with van der Waals surface area (Å²) < 4.78 is 0. The number of hydrogen-bond donors (Lipinski definition) is 2. The van der Waals surface area contributed by atoms with Gasteiger partial charge in [-0.1, -0.05) is 29.8 Å². The average Bonchev–Trinajstić information content (AvgIpc) is 2.98. The Morgan fingerprint density at radius 3 is 2.79 bits per heavy atom. The highest BCUT2D eigenvalue weighted by atomic mass is 35.5. The van der Waals surface area contributed by atoms with Crippen molar-refractivity contribution in [2.45, 2.75) is 25.0 Å². The van der Waals surface area contributed by atoms with Gasteiger partial charge in [0, 0.05) is 23.2 Å². The molecule has 1 aliphatic rings. The van der Waals surface area contributed by atoms with Crippen molar-refractivity contribution in [3.63, 3.8) is 0 Å². The Bertz CT molecular complexity index is 312. The smallest absolute Gasteiger partial charge is 0.0928 e. The van der Waals surface area contributed by atoms with Gasteiger partial charge in [0.15, 0.2) is 0 Å². The normalized spacial score (nSPS) is 18.1. The molecule has 3 heteroatoms. The number of halogens is 1. The summed E-state index contributed by atoms with van der Waals surface area (Å²) in [6.45, 7) is 0.592.